The molecule has 146 valence electrons. The molecule has 1 aromatic carbocycles. The predicted octanol–water partition coefficient (Wildman–Crippen LogP) is 3.69. The zero-order chi connectivity index (χ0) is 20.7. The SMILES string of the molecule is Cn1cc2c(=O)n(C)cc(-c3cc([N+](=O)[O-])ccc3Oc3ccc(Cl)cn3)c2n1. The van der Waals surface area contributed by atoms with Gasteiger partial charge in [-0.15, -0.1) is 0 Å². The van der Waals surface area contributed by atoms with Gasteiger partial charge >= 0.3 is 0 Å². The molecule has 0 radical (unpaired) electrons. The van der Waals surface area contributed by atoms with Crippen LogP contribution in [0.2, 0.25) is 5.02 Å². The largest absolute Gasteiger partial charge is 0.438 e. The maximum Gasteiger partial charge on any atom is 0.270 e. The number of rotatable bonds is 4. The molecule has 0 bridgehead atoms. The number of nitro benzene ring substituents is 1. The third-order valence-electron chi connectivity index (χ3n) is 4.34. The van der Waals surface area contributed by atoms with E-state index in [2.05, 4.69) is 10.1 Å². The summed E-state index contributed by atoms with van der Waals surface area (Å²) >= 11 is 5.86. The van der Waals surface area contributed by atoms with Crippen LogP contribution in [0.25, 0.3) is 22.0 Å². The van der Waals surface area contributed by atoms with Gasteiger partial charge in [0.15, 0.2) is 0 Å². The van der Waals surface area contributed by atoms with Gasteiger partial charge in [-0.2, -0.15) is 5.10 Å². The van der Waals surface area contributed by atoms with Crippen LogP contribution < -0.4 is 10.3 Å². The van der Waals surface area contributed by atoms with E-state index >= 15 is 0 Å². The minimum atomic E-state index is -0.495. The Morgan fingerprint density at radius 1 is 1.14 bits per heavy atom. The van der Waals surface area contributed by atoms with E-state index in [1.54, 1.807) is 38.6 Å². The van der Waals surface area contributed by atoms with E-state index in [1.807, 2.05) is 0 Å². The molecule has 4 aromatic rings. The second-order valence-corrected chi connectivity index (χ2v) is 6.81. The van der Waals surface area contributed by atoms with Crippen LogP contribution in [0.4, 0.5) is 5.69 Å². The van der Waals surface area contributed by atoms with Gasteiger partial charge < -0.3 is 9.30 Å². The first-order valence-corrected chi connectivity index (χ1v) is 8.82. The number of pyridine rings is 2. The van der Waals surface area contributed by atoms with E-state index in [0.717, 1.165) is 0 Å². The fraction of sp³-hybridized carbons (Fsp3) is 0.105. The Morgan fingerprint density at radius 2 is 1.93 bits per heavy atom. The average Bonchev–Trinajstić information content (AvgIpc) is 3.08. The summed E-state index contributed by atoms with van der Waals surface area (Å²) < 4.78 is 8.79. The quantitative estimate of drug-likeness (QED) is 0.374. The normalized spacial score (nSPS) is 11.0. The maximum atomic E-state index is 12.5. The van der Waals surface area contributed by atoms with E-state index in [4.69, 9.17) is 16.3 Å². The molecule has 0 aliphatic rings. The summed E-state index contributed by atoms with van der Waals surface area (Å²) in [6.45, 7) is 0. The second kappa shape index (κ2) is 7.02. The fourth-order valence-corrected chi connectivity index (χ4v) is 3.12. The van der Waals surface area contributed by atoms with Crippen molar-refractivity contribution < 1.29 is 9.66 Å². The third-order valence-corrected chi connectivity index (χ3v) is 4.56. The Bertz CT molecular complexity index is 1310. The van der Waals surface area contributed by atoms with Crippen molar-refractivity contribution in [2.45, 2.75) is 0 Å². The number of ether oxygens (including phenoxy) is 1. The summed E-state index contributed by atoms with van der Waals surface area (Å²) in [5.41, 5.74) is 1.02. The van der Waals surface area contributed by atoms with Crippen LogP contribution in [0.5, 0.6) is 11.6 Å². The Kier molecular flexibility index (Phi) is 4.51. The maximum absolute atomic E-state index is 12.5. The van der Waals surface area contributed by atoms with Crippen molar-refractivity contribution in [2.75, 3.05) is 0 Å². The molecular formula is C19H14ClN5O4. The zero-order valence-corrected chi connectivity index (χ0v) is 16.1. The summed E-state index contributed by atoms with van der Waals surface area (Å²) in [4.78, 5) is 27.4. The first-order chi connectivity index (χ1) is 13.8. The van der Waals surface area contributed by atoms with Crippen LogP contribution >= 0.6 is 11.6 Å². The summed E-state index contributed by atoms with van der Waals surface area (Å²) in [6.07, 6.45) is 4.63. The number of aryl methyl sites for hydroxylation is 2. The topological polar surface area (TPSA) is 105 Å². The Hall–Kier alpha value is -3.72. The molecule has 0 aliphatic carbocycles. The molecule has 9 nitrogen and oxygen atoms in total. The van der Waals surface area contributed by atoms with Gasteiger partial charge in [-0.25, -0.2) is 4.98 Å². The number of fused-ring (bicyclic) bond motifs is 1. The number of nitro groups is 1. The minimum Gasteiger partial charge on any atom is -0.438 e. The van der Waals surface area contributed by atoms with Gasteiger partial charge in [0, 0.05) is 62.0 Å². The fourth-order valence-electron chi connectivity index (χ4n) is 3.01. The van der Waals surface area contributed by atoms with Crippen molar-refractivity contribution in [3.63, 3.8) is 0 Å². The summed E-state index contributed by atoms with van der Waals surface area (Å²) in [7, 11) is 3.31. The van der Waals surface area contributed by atoms with Crippen LogP contribution in [0.1, 0.15) is 0 Å². The van der Waals surface area contributed by atoms with Crippen molar-refractivity contribution in [2.24, 2.45) is 14.1 Å². The molecular weight excluding hydrogens is 398 g/mol. The van der Waals surface area contributed by atoms with Crippen molar-refractivity contribution >= 4 is 28.2 Å². The molecule has 0 aliphatic heterocycles. The monoisotopic (exact) mass is 411 g/mol. The van der Waals surface area contributed by atoms with Gasteiger partial charge in [0.25, 0.3) is 11.2 Å². The molecule has 3 heterocycles. The number of benzene rings is 1. The highest BCUT2D eigenvalue weighted by Gasteiger charge is 2.20. The molecule has 0 N–H and O–H groups in total. The first kappa shape index (κ1) is 18.6. The molecule has 0 saturated carbocycles. The van der Waals surface area contributed by atoms with Crippen LogP contribution in [0.15, 0.2) is 53.7 Å². The number of hydrogen-bond donors (Lipinski definition) is 0. The number of aromatic nitrogens is 4. The smallest absolute Gasteiger partial charge is 0.270 e. The molecule has 0 atom stereocenters. The molecule has 0 fully saturated rings. The lowest BCUT2D eigenvalue weighted by molar-refractivity contribution is -0.384. The van der Waals surface area contributed by atoms with Gasteiger partial charge in [0.05, 0.1) is 15.3 Å². The molecule has 10 heteroatoms. The standard InChI is InChI=1S/C19H14ClN5O4/c1-23-9-14(18-15(19(23)26)10-24(2)22-18)13-7-12(25(27)28)4-5-16(13)29-17-6-3-11(20)8-21-17/h3-10H,1-2H3. The molecule has 0 saturated heterocycles. The predicted molar refractivity (Wildman–Crippen MR) is 107 cm³/mol. The molecule has 0 amide bonds. The molecule has 3 aromatic heterocycles. The highest BCUT2D eigenvalue weighted by Crippen LogP contribution is 2.38. The molecule has 0 spiro atoms. The highest BCUT2D eigenvalue weighted by atomic mass is 35.5. The lowest BCUT2D eigenvalue weighted by Crippen LogP contribution is -2.16. The van der Waals surface area contributed by atoms with Crippen molar-refractivity contribution in [1.82, 2.24) is 19.3 Å². The van der Waals surface area contributed by atoms with Crippen LogP contribution in [-0.2, 0) is 14.1 Å². The van der Waals surface area contributed by atoms with Crippen molar-refractivity contribution in [3.8, 4) is 22.8 Å². The number of halogens is 1. The Balaban J connectivity index is 1.96. The molecule has 4 rings (SSSR count). The third kappa shape index (κ3) is 3.43. The van der Waals surface area contributed by atoms with Crippen LogP contribution in [0.3, 0.4) is 0 Å². The van der Waals surface area contributed by atoms with Crippen molar-refractivity contribution in [3.05, 3.63) is 74.4 Å². The zero-order valence-electron chi connectivity index (χ0n) is 15.4. The number of non-ortho nitro benzene ring substituents is 1. The second-order valence-electron chi connectivity index (χ2n) is 6.38. The van der Waals surface area contributed by atoms with Crippen LogP contribution in [-0.4, -0.2) is 24.3 Å². The Labute approximate surface area is 168 Å². The first-order valence-electron chi connectivity index (χ1n) is 8.44. The van der Waals surface area contributed by atoms with E-state index in [9.17, 15) is 14.9 Å². The summed E-state index contributed by atoms with van der Waals surface area (Å²) in [6, 6.07) is 7.43. The molecule has 29 heavy (non-hydrogen) atoms. The number of nitrogens with zero attached hydrogens (tertiary/aromatic N) is 5. The van der Waals surface area contributed by atoms with Crippen LogP contribution in [0, 0.1) is 10.1 Å². The van der Waals surface area contributed by atoms with Gasteiger partial charge in [-0.1, -0.05) is 11.6 Å². The number of hydrogen-bond acceptors (Lipinski definition) is 6. The highest BCUT2D eigenvalue weighted by molar-refractivity contribution is 6.30. The van der Waals surface area contributed by atoms with E-state index in [1.165, 1.54) is 33.6 Å². The van der Waals surface area contributed by atoms with Gasteiger partial charge in [-0.3, -0.25) is 19.6 Å². The molecule has 0 unspecified atom stereocenters. The summed E-state index contributed by atoms with van der Waals surface area (Å²) in [5, 5.41) is 16.6. The van der Waals surface area contributed by atoms with Gasteiger partial charge in [0.2, 0.25) is 5.88 Å². The van der Waals surface area contributed by atoms with E-state index in [0.29, 0.717) is 32.8 Å². The van der Waals surface area contributed by atoms with Gasteiger partial charge in [-0.05, 0) is 12.1 Å². The minimum absolute atomic E-state index is 0.116. The lowest BCUT2D eigenvalue weighted by atomic mass is 10.0. The van der Waals surface area contributed by atoms with Crippen molar-refractivity contribution in [1.29, 1.82) is 0 Å². The lowest BCUT2D eigenvalue weighted by Gasteiger charge is -2.12. The van der Waals surface area contributed by atoms with E-state index in [-0.39, 0.29) is 17.1 Å². The van der Waals surface area contributed by atoms with Gasteiger partial charge in [0.1, 0.15) is 11.3 Å². The summed E-state index contributed by atoms with van der Waals surface area (Å²) in [5.74, 6) is 0.600. The Morgan fingerprint density at radius 3 is 2.62 bits per heavy atom. The van der Waals surface area contributed by atoms with E-state index < -0.39 is 4.92 Å². The average molecular weight is 412 g/mol.